The van der Waals surface area contributed by atoms with E-state index >= 15 is 0 Å². The Balaban J connectivity index is 1.42. The topological polar surface area (TPSA) is 98.5 Å². The van der Waals surface area contributed by atoms with Crippen LogP contribution in [0.3, 0.4) is 0 Å². The summed E-state index contributed by atoms with van der Waals surface area (Å²) < 4.78 is 49.5. The molecule has 1 aromatic carbocycles. The monoisotopic (exact) mass is 434 g/mol. The lowest BCUT2D eigenvalue weighted by molar-refractivity contribution is -0.325. The van der Waals surface area contributed by atoms with Gasteiger partial charge in [0, 0.05) is 23.2 Å². The molecule has 2 aromatic rings. The van der Waals surface area contributed by atoms with Crippen LogP contribution in [0.15, 0.2) is 28.7 Å². The number of piperidine rings is 1. The third kappa shape index (κ3) is 6.58. The number of hydrogen-bond donors (Lipinski definition) is 2. The Morgan fingerprint density at radius 1 is 1.24 bits per heavy atom. The van der Waals surface area contributed by atoms with Crippen molar-refractivity contribution in [3.63, 3.8) is 0 Å². The first-order valence-corrected chi connectivity index (χ1v) is 9.14. The second-order valence-corrected chi connectivity index (χ2v) is 6.70. The van der Waals surface area contributed by atoms with Gasteiger partial charge in [0.05, 0.1) is 12.6 Å². The highest BCUT2D eigenvalue weighted by molar-refractivity contribution is 6.30. The van der Waals surface area contributed by atoms with E-state index < -0.39 is 13.0 Å². The number of aromatic nitrogens is 2. The molecule has 1 amide bonds. The fourth-order valence-corrected chi connectivity index (χ4v) is 2.89. The summed E-state index contributed by atoms with van der Waals surface area (Å²) in [4.78, 5) is 12.2. The minimum atomic E-state index is -4.71. The number of alkyl halides is 3. The van der Waals surface area contributed by atoms with Gasteiger partial charge in [0.25, 0.3) is 5.91 Å². The van der Waals surface area contributed by atoms with E-state index in [0.29, 0.717) is 30.0 Å². The molecule has 0 saturated carbocycles. The summed E-state index contributed by atoms with van der Waals surface area (Å²) in [5.74, 6) is 0.0701. The lowest BCUT2D eigenvalue weighted by Gasteiger charge is -2.28. The van der Waals surface area contributed by atoms with E-state index in [4.69, 9.17) is 20.8 Å². The van der Waals surface area contributed by atoms with Gasteiger partial charge in [0.2, 0.25) is 5.89 Å². The van der Waals surface area contributed by atoms with Crippen LogP contribution in [-0.4, -0.2) is 48.3 Å². The molecule has 1 aliphatic rings. The molecule has 2 atom stereocenters. The van der Waals surface area contributed by atoms with Crippen molar-refractivity contribution in [2.45, 2.75) is 31.3 Å². The molecule has 12 heteroatoms. The van der Waals surface area contributed by atoms with Crippen LogP contribution in [0.1, 0.15) is 35.1 Å². The molecule has 1 fully saturated rings. The van der Waals surface area contributed by atoms with Crippen LogP contribution in [-0.2, 0) is 4.74 Å². The maximum absolute atomic E-state index is 12.2. The van der Waals surface area contributed by atoms with Crippen LogP contribution in [0, 0.1) is 0 Å². The molecule has 0 spiro atoms. The SMILES string of the molecule is O=C(N[C@H]1CC[C@H](c2nnc(OCCOC(F)(F)F)o2)NC1)c1ccc(Cl)cc1. The third-order valence-electron chi connectivity index (χ3n) is 4.15. The van der Waals surface area contributed by atoms with Gasteiger partial charge in [-0.1, -0.05) is 16.7 Å². The van der Waals surface area contributed by atoms with Crippen LogP contribution in [0.25, 0.3) is 0 Å². The van der Waals surface area contributed by atoms with Crippen molar-refractivity contribution in [2.75, 3.05) is 19.8 Å². The van der Waals surface area contributed by atoms with Crippen LogP contribution in [0.4, 0.5) is 13.2 Å². The number of carbonyl (C=O) groups is 1. The van der Waals surface area contributed by atoms with Gasteiger partial charge < -0.3 is 19.8 Å². The van der Waals surface area contributed by atoms with Crippen molar-refractivity contribution in [3.8, 4) is 6.08 Å². The molecule has 2 heterocycles. The van der Waals surface area contributed by atoms with Crippen molar-refractivity contribution in [1.82, 2.24) is 20.8 Å². The van der Waals surface area contributed by atoms with E-state index in [1.807, 2.05) is 0 Å². The standard InChI is InChI=1S/C17H18ClF3N4O4/c18-11-3-1-10(2-4-11)14(26)23-12-5-6-13(22-9-12)15-24-25-16(29-15)27-7-8-28-17(19,20)21/h1-4,12-13,22H,5-9H2,(H,23,26)/t12-,13+/m0/s1. The predicted molar refractivity (Wildman–Crippen MR) is 94.5 cm³/mol. The molecule has 29 heavy (non-hydrogen) atoms. The summed E-state index contributed by atoms with van der Waals surface area (Å²) in [6.45, 7) is -0.572. The largest absolute Gasteiger partial charge is 0.522 e. The van der Waals surface area contributed by atoms with Gasteiger partial charge in [-0.2, -0.15) is 0 Å². The van der Waals surface area contributed by atoms with Gasteiger partial charge in [0.1, 0.15) is 6.61 Å². The molecule has 8 nitrogen and oxygen atoms in total. The third-order valence-corrected chi connectivity index (χ3v) is 4.40. The predicted octanol–water partition coefficient (Wildman–Crippen LogP) is 2.86. The van der Waals surface area contributed by atoms with E-state index in [2.05, 4.69) is 25.6 Å². The Bertz CT molecular complexity index is 808. The van der Waals surface area contributed by atoms with Crippen LogP contribution >= 0.6 is 11.6 Å². The Morgan fingerprint density at radius 2 is 2.00 bits per heavy atom. The molecule has 158 valence electrons. The second-order valence-electron chi connectivity index (χ2n) is 6.26. The Kier molecular flexibility index (Phi) is 6.93. The van der Waals surface area contributed by atoms with Crippen LogP contribution in [0.5, 0.6) is 6.08 Å². The van der Waals surface area contributed by atoms with Gasteiger partial charge in [-0.25, -0.2) is 0 Å². The highest BCUT2D eigenvalue weighted by atomic mass is 35.5. The van der Waals surface area contributed by atoms with Crippen LogP contribution in [0.2, 0.25) is 5.02 Å². The number of halogens is 4. The van der Waals surface area contributed by atoms with Crippen molar-refractivity contribution < 1.29 is 31.9 Å². The normalized spacial score (nSPS) is 19.7. The molecule has 1 aromatic heterocycles. The molecule has 0 radical (unpaired) electrons. The number of nitrogens with one attached hydrogen (secondary N) is 2. The summed E-state index contributed by atoms with van der Waals surface area (Å²) in [5, 5.41) is 14.2. The highest BCUT2D eigenvalue weighted by Gasteiger charge is 2.29. The summed E-state index contributed by atoms with van der Waals surface area (Å²) >= 11 is 5.82. The fraction of sp³-hybridized carbons (Fsp3) is 0.471. The maximum Gasteiger partial charge on any atom is 0.522 e. The van der Waals surface area contributed by atoms with Gasteiger partial charge in [-0.3, -0.25) is 9.53 Å². The van der Waals surface area contributed by atoms with E-state index in [-0.39, 0.29) is 36.6 Å². The van der Waals surface area contributed by atoms with Crippen LogP contribution < -0.4 is 15.4 Å². The second kappa shape index (κ2) is 9.42. The molecule has 2 N–H and O–H groups in total. The molecule has 1 aliphatic heterocycles. The lowest BCUT2D eigenvalue weighted by Crippen LogP contribution is -2.46. The number of nitrogens with zero attached hydrogens (tertiary/aromatic N) is 2. The van der Waals surface area contributed by atoms with E-state index in [1.165, 1.54) is 0 Å². The molecule has 3 rings (SSSR count). The average Bonchev–Trinajstić information content (AvgIpc) is 3.14. The van der Waals surface area contributed by atoms with Crippen molar-refractivity contribution in [2.24, 2.45) is 0 Å². The lowest BCUT2D eigenvalue weighted by atomic mass is 10.0. The number of ether oxygens (including phenoxy) is 2. The molecule has 0 unspecified atom stereocenters. The highest BCUT2D eigenvalue weighted by Crippen LogP contribution is 2.24. The van der Waals surface area contributed by atoms with E-state index in [9.17, 15) is 18.0 Å². The first kappa shape index (κ1) is 21.3. The maximum atomic E-state index is 12.2. The fourth-order valence-electron chi connectivity index (χ4n) is 2.77. The Labute approximate surface area is 168 Å². The van der Waals surface area contributed by atoms with Gasteiger partial charge in [-0.15, -0.1) is 18.3 Å². The average molecular weight is 435 g/mol. The minimum absolute atomic E-state index is 0.0763. The van der Waals surface area contributed by atoms with Crippen molar-refractivity contribution in [1.29, 1.82) is 0 Å². The van der Waals surface area contributed by atoms with E-state index in [1.54, 1.807) is 24.3 Å². The number of rotatable bonds is 7. The zero-order valence-electron chi connectivity index (χ0n) is 15.0. The van der Waals surface area contributed by atoms with Crippen molar-refractivity contribution >= 4 is 17.5 Å². The van der Waals surface area contributed by atoms with Gasteiger partial charge in [-0.05, 0) is 37.1 Å². The number of amides is 1. The summed E-state index contributed by atoms with van der Waals surface area (Å²) in [6.07, 6.45) is -3.65. The number of carbonyl (C=O) groups excluding carboxylic acids is 1. The summed E-state index contributed by atoms with van der Waals surface area (Å²) in [6, 6.07) is 6.28. The zero-order chi connectivity index (χ0) is 20.9. The zero-order valence-corrected chi connectivity index (χ0v) is 15.8. The van der Waals surface area contributed by atoms with Crippen molar-refractivity contribution in [3.05, 3.63) is 40.7 Å². The minimum Gasteiger partial charge on any atom is -0.447 e. The number of benzene rings is 1. The molecular weight excluding hydrogens is 417 g/mol. The molecule has 0 bridgehead atoms. The molecule has 1 saturated heterocycles. The van der Waals surface area contributed by atoms with Gasteiger partial charge >= 0.3 is 12.4 Å². The molecule has 0 aliphatic carbocycles. The Hall–Kier alpha value is -2.37. The first-order valence-electron chi connectivity index (χ1n) is 8.77. The summed E-state index contributed by atoms with van der Waals surface area (Å²) in [5.41, 5.74) is 0.518. The first-order chi connectivity index (χ1) is 13.8. The van der Waals surface area contributed by atoms with E-state index in [0.717, 1.165) is 0 Å². The quantitative estimate of drug-likeness (QED) is 0.646. The Morgan fingerprint density at radius 3 is 2.66 bits per heavy atom. The smallest absolute Gasteiger partial charge is 0.447 e. The molecular formula is C17H18ClF3N4O4. The summed E-state index contributed by atoms with van der Waals surface area (Å²) in [7, 11) is 0. The number of hydrogen-bond acceptors (Lipinski definition) is 7. The van der Waals surface area contributed by atoms with Gasteiger partial charge in [0.15, 0.2) is 0 Å².